The number of ketones is 1. The van der Waals surface area contributed by atoms with Crippen molar-refractivity contribution in [2.45, 2.75) is 18.0 Å². The molecule has 36 heavy (non-hydrogen) atoms. The number of Topliss-reactive ketones (excluding diaryl/α,β-unsaturated/α-hetero) is 1. The smallest absolute Gasteiger partial charge is 0.329 e. The summed E-state index contributed by atoms with van der Waals surface area (Å²) in [5.74, 6) is -2.08. The summed E-state index contributed by atoms with van der Waals surface area (Å²) in [6.07, 6.45) is 3.60. The number of methoxy groups -OCH3 is 1. The number of nitrogens with zero attached hydrogens (tertiary/aromatic N) is 3. The van der Waals surface area contributed by atoms with E-state index in [-0.39, 0.29) is 11.3 Å². The molecule has 178 valence electrons. The first-order valence-corrected chi connectivity index (χ1v) is 11.3. The summed E-state index contributed by atoms with van der Waals surface area (Å²) in [7, 11) is 1.23. The summed E-state index contributed by atoms with van der Waals surface area (Å²) in [5.41, 5.74) is 0.297. The predicted molar refractivity (Wildman–Crippen MR) is 132 cm³/mol. The lowest BCUT2D eigenvalue weighted by molar-refractivity contribution is -0.384. The van der Waals surface area contributed by atoms with E-state index < -0.39 is 40.1 Å². The largest absolute Gasteiger partial charge is 0.468 e. The summed E-state index contributed by atoms with van der Waals surface area (Å²) in [5, 5.41) is 22.0. The van der Waals surface area contributed by atoms with Crippen LogP contribution >= 0.6 is 0 Å². The average Bonchev–Trinajstić information content (AvgIpc) is 3.24. The Bertz CT molecular complexity index is 1440. The minimum absolute atomic E-state index is 0.125. The summed E-state index contributed by atoms with van der Waals surface area (Å²) in [6.45, 7) is 0. The Morgan fingerprint density at radius 3 is 2.47 bits per heavy atom. The van der Waals surface area contributed by atoms with E-state index in [2.05, 4.69) is 6.07 Å². The Morgan fingerprint density at radius 1 is 1.06 bits per heavy atom. The second-order valence-corrected chi connectivity index (χ2v) is 8.75. The van der Waals surface area contributed by atoms with Crippen molar-refractivity contribution in [2.75, 3.05) is 12.0 Å². The number of fused-ring (bicyclic) bond motifs is 3. The monoisotopic (exact) mass is 479 g/mol. The van der Waals surface area contributed by atoms with E-state index in [9.17, 15) is 25.0 Å². The highest BCUT2D eigenvalue weighted by Gasteiger charge is 2.67. The molecule has 3 aromatic rings. The second-order valence-electron chi connectivity index (χ2n) is 8.75. The topological polar surface area (TPSA) is 114 Å². The van der Waals surface area contributed by atoms with Crippen molar-refractivity contribution >= 4 is 29.2 Å². The van der Waals surface area contributed by atoms with Gasteiger partial charge in [-0.15, -0.1) is 0 Å². The zero-order valence-electron chi connectivity index (χ0n) is 19.3. The third kappa shape index (κ3) is 3.28. The van der Waals surface area contributed by atoms with Crippen LogP contribution in [0.3, 0.4) is 0 Å². The van der Waals surface area contributed by atoms with Crippen LogP contribution in [0.4, 0.5) is 11.4 Å². The molecular weight excluding hydrogens is 458 g/mol. The number of hydrogen-bond acceptors (Lipinski definition) is 7. The first-order valence-electron chi connectivity index (χ1n) is 11.3. The number of nitro benzene ring substituents is 1. The lowest BCUT2D eigenvalue weighted by Gasteiger charge is -2.36. The number of non-ortho nitro benzene ring substituents is 1. The number of benzene rings is 3. The van der Waals surface area contributed by atoms with Crippen molar-refractivity contribution in [1.29, 1.82) is 5.26 Å². The van der Waals surface area contributed by atoms with Gasteiger partial charge in [-0.2, -0.15) is 5.26 Å². The Hall–Kier alpha value is -4.77. The molecule has 2 heterocycles. The Morgan fingerprint density at radius 2 is 1.78 bits per heavy atom. The summed E-state index contributed by atoms with van der Waals surface area (Å²) >= 11 is 0. The molecule has 0 radical (unpaired) electrons. The number of para-hydroxylation sites is 1. The molecular formula is C28H21N3O5. The Kier molecular flexibility index (Phi) is 5.61. The van der Waals surface area contributed by atoms with E-state index in [1.807, 2.05) is 36.4 Å². The molecule has 0 spiro atoms. The van der Waals surface area contributed by atoms with Gasteiger partial charge in [-0.3, -0.25) is 19.7 Å². The van der Waals surface area contributed by atoms with Gasteiger partial charge >= 0.3 is 5.97 Å². The molecule has 2 aliphatic rings. The fourth-order valence-electron chi connectivity index (χ4n) is 5.51. The van der Waals surface area contributed by atoms with E-state index in [0.29, 0.717) is 11.3 Å². The molecule has 0 aromatic heterocycles. The fourth-order valence-corrected chi connectivity index (χ4v) is 5.51. The van der Waals surface area contributed by atoms with Gasteiger partial charge in [0.05, 0.1) is 24.1 Å². The number of carbonyl (C=O) groups excluding carboxylic acids is 2. The Balaban J connectivity index is 1.80. The van der Waals surface area contributed by atoms with Crippen LogP contribution in [0.25, 0.3) is 6.08 Å². The van der Waals surface area contributed by atoms with Gasteiger partial charge in [0.1, 0.15) is 6.04 Å². The minimum atomic E-state index is -1.75. The highest BCUT2D eigenvalue weighted by Crippen LogP contribution is 2.56. The van der Waals surface area contributed by atoms with E-state index in [4.69, 9.17) is 4.74 Å². The maximum Gasteiger partial charge on any atom is 0.329 e. The molecule has 1 fully saturated rings. The molecule has 1 saturated heterocycles. The summed E-state index contributed by atoms with van der Waals surface area (Å²) in [6, 6.07) is 22.3. The predicted octanol–water partition coefficient (Wildman–Crippen LogP) is 4.53. The van der Waals surface area contributed by atoms with Gasteiger partial charge in [0.25, 0.3) is 5.69 Å². The minimum Gasteiger partial charge on any atom is -0.468 e. The average molecular weight is 479 g/mol. The van der Waals surface area contributed by atoms with Gasteiger partial charge < -0.3 is 9.64 Å². The molecule has 0 saturated carbocycles. The van der Waals surface area contributed by atoms with Gasteiger partial charge in [-0.25, -0.2) is 0 Å². The molecule has 0 amide bonds. The molecule has 2 aliphatic heterocycles. The number of nitro groups is 1. The number of rotatable bonds is 5. The first-order chi connectivity index (χ1) is 17.4. The van der Waals surface area contributed by atoms with E-state index in [1.165, 1.54) is 31.4 Å². The zero-order chi connectivity index (χ0) is 25.4. The third-order valence-corrected chi connectivity index (χ3v) is 7.02. The van der Waals surface area contributed by atoms with Crippen LogP contribution in [0.5, 0.6) is 0 Å². The van der Waals surface area contributed by atoms with Crippen LogP contribution in [0, 0.1) is 26.9 Å². The van der Waals surface area contributed by atoms with Gasteiger partial charge in [-0.1, -0.05) is 72.8 Å². The quantitative estimate of drug-likeness (QED) is 0.229. The maximum atomic E-state index is 14.2. The zero-order valence-corrected chi connectivity index (χ0v) is 19.3. The van der Waals surface area contributed by atoms with Crippen molar-refractivity contribution in [3.63, 3.8) is 0 Å². The van der Waals surface area contributed by atoms with Crippen LogP contribution in [0.2, 0.25) is 0 Å². The number of nitriles is 1. The van der Waals surface area contributed by atoms with E-state index in [0.717, 1.165) is 5.56 Å². The molecule has 0 aliphatic carbocycles. The van der Waals surface area contributed by atoms with Crippen LogP contribution in [-0.4, -0.2) is 35.9 Å². The van der Waals surface area contributed by atoms with Gasteiger partial charge in [0.15, 0.2) is 11.2 Å². The highest BCUT2D eigenvalue weighted by atomic mass is 16.6. The van der Waals surface area contributed by atoms with Crippen LogP contribution in [-0.2, 0) is 9.53 Å². The molecule has 0 unspecified atom stereocenters. The summed E-state index contributed by atoms with van der Waals surface area (Å²) in [4.78, 5) is 40.4. The molecule has 3 aromatic carbocycles. The Labute approximate surface area is 207 Å². The molecule has 4 atom stereocenters. The normalized spacial score (nSPS) is 23.8. The maximum absolute atomic E-state index is 14.2. The first kappa shape index (κ1) is 23.0. The highest BCUT2D eigenvalue weighted by molar-refractivity contribution is 6.06. The van der Waals surface area contributed by atoms with Gasteiger partial charge in [0, 0.05) is 29.3 Å². The van der Waals surface area contributed by atoms with E-state index >= 15 is 0 Å². The number of esters is 1. The van der Waals surface area contributed by atoms with Crippen molar-refractivity contribution < 1.29 is 19.2 Å². The van der Waals surface area contributed by atoms with Gasteiger partial charge in [0.2, 0.25) is 0 Å². The van der Waals surface area contributed by atoms with E-state index in [1.54, 1.807) is 35.2 Å². The SMILES string of the molecule is COC(=O)[C@]1(C#N)[C@H](c2ccccc2)[C@H](C(=O)c2cccc([N+](=O)[O-])c2)N2c3ccccc3C=C[C@@H]21. The fraction of sp³-hybridized carbons (Fsp3) is 0.179. The lowest BCUT2D eigenvalue weighted by atomic mass is 9.68. The van der Waals surface area contributed by atoms with Crippen LogP contribution in [0.1, 0.15) is 27.4 Å². The lowest BCUT2D eigenvalue weighted by Crippen LogP contribution is -2.46. The number of carbonyl (C=O) groups is 2. The number of hydrogen-bond donors (Lipinski definition) is 0. The van der Waals surface area contributed by atoms with Crippen molar-refractivity contribution in [3.8, 4) is 6.07 Å². The number of ether oxygens (including phenoxy) is 1. The van der Waals surface area contributed by atoms with Crippen molar-refractivity contribution in [1.82, 2.24) is 0 Å². The molecule has 8 nitrogen and oxygen atoms in total. The van der Waals surface area contributed by atoms with Crippen LogP contribution < -0.4 is 4.90 Å². The standard InChI is InChI=1S/C28H21N3O5/c1-36-27(33)28(17-29)23-15-14-18-8-5-6-13-22(18)30(23)25(24(28)19-9-3-2-4-10-19)26(32)20-11-7-12-21(16-20)31(34)35/h2-16,23-25H,1H3/t23-,24-,25-,28+/m1/s1. The summed E-state index contributed by atoms with van der Waals surface area (Å²) < 4.78 is 5.18. The third-order valence-electron chi connectivity index (χ3n) is 7.02. The van der Waals surface area contributed by atoms with Crippen LogP contribution in [0.15, 0.2) is 84.9 Å². The van der Waals surface area contributed by atoms with Crippen molar-refractivity contribution in [2.24, 2.45) is 5.41 Å². The van der Waals surface area contributed by atoms with Gasteiger partial charge in [-0.05, 0) is 17.2 Å². The molecule has 0 N–H and O–H groups in total. The van der Waals surface area contributed by atoms with Crippen molar-refractivity contribution in [3.05, 3.63) is 112 Å². The second kappa shape index (κ2) is 8.78. The molecule has 8 heteroatoms. The number of anilines is 1. The molecule has 0 bridgehead atoms. The molecule has 5 rings (SSSR count).